The first kappa shape index (κ1) is 13.2. The highest BCUT2D eigenvalue weighted by molar-refractivity contribution is 9.10. The predicted octanol–water partition coefficient (Wildman–Crippen LogP) is 2.79. The highest BCUT2D eigenvalue weighted by Gasteiger charge is 2.12. The van der Waals surface area contributed by atoms with Crippen molar-refractivity contribution < 1.29 is 5.11 Å². The Labute approximate surface area is 127 Å². The van der Waals surface area contributed by atoms with E-state index < -0.39 is 0 Å². The van der Waals surface area contributed by atoms with Crippen LogP contribution in [0.4, 0.5) is 5.82 Å². The Kier molecular flexibility index (Phi) is 3.27. The summed E-state index contributed by atoms with van der Waals surface area (Å²) in [5.74, 6) is 1.17. The summed E-state index contributed by atoms with van der Waals surface area (Å²) >= 11 is 4.69. The van der Waals surface area contributed by atoms with Crippen molar-refractivity contribution in [3.05, 3.63) is 22.7 Å². The minimum atomic E-state index is 0.175. The third-order valence-electron chi connectivity index (χ3n) is 2.76. The molecule has 2 aromatic heterocycles. The molecule has 3 aromatic rings. The summed E-state index contributed by atoms with van der Waals surface area (Å²) in [7, 11) is 0. The number of halogens is 1. The summed E-state index contributed by atoms with van der Waals surface area (Å²) in [5.41, 5.74) is 7.85. The van der Waals surface area contributed by atoms with Crippen LogP contribution in [0.25, 0.3) is 22.6 Å². The maximum absolute atomic E-state index is 9.52. The van der Waals surface area contributed by atoms with Crippen molar-refractivity contribution in [2.24, 2.45) is 0 Å². The maximum Gasteiger partial charge on any atom is 0.191 e. The standard InChI is InChI=1S/C12H10BrN5OS/c1-20-12-16-9(14)8-11(18-12)17-10(15-8)5-2-3-7(19)6(13)4-5/h2-4,19H,1H3,(H3,14,15,16,17,18). The number of aromatic amines is 1. The number of nitrogens with zero attached hydrogens (tertiary/aromatic N) is 3. The number of hydrogen-bond acceptors (Lipinski definition) is 6. The van der Waals surface area contributed by atoms with E-state index >= 15 is 0 Å². The van der Waals surface area contributed by atoms with E-state index in [1.54, 1.807) is 18.2 Å². The summed E-state index contributed by atoms with van der Waals surface area (Å²) in [6.45, 7) is 0. The maximum atomic E-state index is 9.52. The van der Waals surface area contributed by atoms with Crippen molar-refractivity contribution in [1.29, 1.82) is 0 Å². The molecule has 102 valence electrons. The second-order valence-corrected chi connectivity index (χ2v) is 5.67. The smallest absolute Gasteiger partial charge is 0.191 e. The van der Waals surface area contributed by atoms with E-state index in [1.807, 2.05) is 6.26 Å². The number of anilines is 1. The highest BCUT2D eigenvalue weighted by Crippen LogP contribution is 2.30. The molecule has 2 heterocycles. The third kappa shape index (κ3) is 2.20. The first-order valence-electron chi connectivity index (χ1n) is 5.64. The molecule has 0 aliphatic carbocycles. The van der Waals surface area contributed by atoms with Crippen molar-refractivity contribution in [3.8, 4) is 17.1 Å². The molecule has 0 amide bonds. The first-order valence-corrected chi connectivity index (χ1v) is 7.66. The molecular weight excluding hydrogens is 342 g/mol. The summed E-state index contributed by atoms with van der Waals surface area (Å²) in [6.07, 6.45) is 1.88. The van der Waals surface area contributed by atoms with Crippen molar-refractivity contribution in [1.82, 2.24) is 19.9 Å². The van der Waals surface area contributed by atoms with E-state index in [0.717, 1.165) is 5.56 Å². The fourth-order valence-electron chi connectivity index (χ4n) is 1.78. The zero-order valence-corrected chi connectivity index (χ0v) is 12.8. The third-order valence-corrected chi connectivity index (χ3v) is 3.95. The van der Waals surface area contributed by atoms with Crippen LogP contribution in [0.5, 0.6) is 5.75 Å². The molecule has 6 nitrogen and oxygen atoms in total. The number of phenols is 1. The van der Waals surface area contributed by atoms with Gasteiger partial charge in [0.05, 0.1) is 4.47 Å². The summed E-state index contributed by atoms with van der Waals surface area (Å²) in [4.78, 5) is 16.0. The zero-order chi connectivity index (χ0) is 14.3. The normalized spacial score (nSPS) is 11.1. The van der Waals surface area contributed by atoms with Crippen molar-refractivity contribution in [3.63, 3.8) is 0 Å². The largest absolute Gasteiger partial charge is 0.507 e. The molecule has 0 spiro atoms. The molecule has 0 aliphatic heterocycles. The molecule has 3 rings (SSSR count). The second kappa shape index (κ2) is 4.95. The Morgan fingerprint density at radius 2 is 2.10 bits per heavy atom. The number of rotatable bonds is 2. The Balaban J connectivity index is 2.17. The van der Waals surface area contributed by atoms with Gasteiger partial charge in [-0.3, -0.25) is 0 Å². The van der Waals surface area contributed by atoms with Crippen LogP contribution in [0.2, 0.25) is 0 Å². The lowest BCUT2D eigenvalue weighted by Crippen LogP contribution is -1.95. The number of benzene rings is 1. The van der Waals surface area contributed by atoms with Crippen LogP contribution in [0.1, 0.15) is 0 Å². The molecule has 0 unspecified atom stereocenters. The van der Waals surface area contributed by atoms with Crippen LogP contribution in [0.15, 0.2) is 27.8 Å². The lowest BCUT2D eigenvalue weighted by Gasteiger charge is -1.99. The number of nitrogen functional groups attached to an aromatic ring is 1. The lowest BCUT2D eigenvalue weighted by atomic mass is 10.2. The van der Waals surface area contributed by atoms with Crippen LogP contribution in [-0.4, -0.2) is 31.3 Å². The first-order chi connectivity index (χ1) is 9.58. The molecule has 0 atom stereocenters. The van der Waals surface area contributed by atoms with Crippen LogP contribution < -0.4 is 5.73 Å². The minimum Gasteiger partial charge on any atom is -0.507 e. The van der Waals surface area contributed by atoms with Crippen molar-refractivity contribution >= 4 is 44.7 Å². The van der Waals surface area contributed by atoms with Gasteiger partial charge in [0.15, 0.2) is 16.6 Å². The number of thioether (sulfide) groups is 1. The van der Waals surface area contributed by atoms with Crippen LogP contribution in [0, 0.1) is 0 Å². The summed E-state index contributed by atoms with van der Waals surface area (Å²) < 4.78 is 0.597. The molecular formula is C12H10BrN5OS. The van der Waals surface area contributed by atoms with Crippen molar-refractivity contribution in [2.75, 3.05) is 12.0 Å². The van der Waals surface area contributed by atoms with Crippen LogP contribution >= 0.6 is 27.7 Å². The van der Waals surface area contributed by atoms with Gasteiger partial charge in [-0.2, -0.15) is 0 Å². The lowest BCUT2D eigenvalue weighted by molar-refractivity contribution is 0.472. The molecule has 20 heavy (non-hydrogen) atoms. The fraction of sp³-hybridized carbons (Fsp3) is 0.0833. The number of hydrogen-bond donors (Lipinski definition) is 3. The minimum absolute atomic E-state index is 0.175. The van der Waals surface area contributed by atoms with Crippen LogP contribution in [0.3, 0.4) is 0 Å². The Morgan fingerprint density at radius 1 is 1.30 bits per heavy atom. The molecule has 0 saturated carbocycles. The number of phenolic OH excluding ortho intramolecular Hbond substituents is 1. The number of aromatic hydroxyl groups is 1. The van der Waals surface area contributed by atoms with E-state index in [4.69, 9.17) is 5.73 Å². The van der Waals surface area contributed by atoms with Gasteiger partial charge in [-0.25, -0.2) is 15.0 Å². The summed E-state index contributed by atoms with van der Waals surface area (Å²) in [5, 5.41) is 10.1. The van der Waals surface area contributed by atoms with Gasteiger partial charge in [-0.15, -0.1) is 0 Å². The SMILES string of the molecule is CSc1nc(N)c2[nH]c(-c3ccc(O)c(Br)c3)nc2n1. The number of H-pyrrole nitrogens is 1. The summed E-state index contributed by atoms with van der Waals surface area (Å²) in [6, 6.07) is 5.12. The van der Waals surface area contributed by atoms with E-state index in [-0.39, 0.29) is 5.75 Å². The zero-order valence-electron chi connectivity index (χ0n) is 10.4. The molecule has 0 bridgehead atoms. The Hall–Kier alpha value is -1.80. The van der Waals surface area contributed by atoms with Crippen molar-refractivity contribution in [2.45, 2.75) is 5.16 Å². The van der Waals surface area contributed by atoms with Gasteiger partial charge >= 0.3 is 0 Å². The van der Waals surface area contributed by atoms with Gasteiger partial charge in [0, 0.05) is 5.56 Å². The number of imidazole rings is 1. The van der Waals surface area contributed by atoms with Gasteiger partial charge in [0.1, 0.15) is 17.1 Å². The molecule has 4 N–H and O–H groups in total. The quantitative estimate of drug-likeness (QED) is 0.484. The predicted molar refractivity (Wildman–Crippen MR) is 82.7 cm³/mol. The highest BCUT2D eigenvalue weighted by atomic mass is 79.9. The number of fused-ring (bicyclic) bond motifs is 1. The molecule has 0 radical (unpaired) electrons. The van der Waals surface area contributed by atoms with E-state index in [0.29, 0.717) is 32.4 Å². The molecule has 1 aromatic carbocycles. The van der Waals surface area contributed by atoms with E-state index in [2.05, 4.69) is 35.9 Å². The van der Waals surface area contributed by atoms with E-state index in [1.165, 1.54) is 11.8 Å². The van der Waals surface area contributed by atoms with Gasteiger partial charge in [-0.05, 0) is 40.4 Å². The Morgan fingerprint density at radius 3 is 2.80 bits per heavy atom. The molecule has 8 heteroatoms. The number of nitrogens with one attached hydrogen (secondary N) is 1. The monoisotopic (exact) mass is 351 g/mol. The fourth-order valence-corrected chi connectivity index (χ4v) is 2.53. The molecule has 0 saturated heterocycles. The number of aromatic nitrogens is 4. The second-order valence-electron chi connectivity index (χ2n) is 4.05. The Bertz CT molecular complexity index is 804. The molecule has 0 aliphatic rings. The topological polar surface area (TPSA) is 101 Å². The number of nitrogens with two attached hydrogens (primary N) is 1. The van der Waals surface area contributed by atoms with Gasteiger partial charge < -0.3 is 15.8 Å². The van der Waals surface area contributed by atoms with Gasteiger partial charge in [0.25, 0.3) is 0 Å². The average Bonchev–Trinajstić information content (AvgIpc) is 2.86. The van der Waals surface area contributed by atoms with E-state index in [9.17, 15) is 5.11 Å². The van der Waals surface area contributed by atoms with Crippen LogP contribution in [-0.2, 0) is 0 Å². The molecule has 0 fully saturated rings. The van der Waals surface area contributed by atoms with Gasteiger partial charge in [0.2, 0.25) is 0 Å². The average molecular weight is 352 g/mol. The van der Waals surface area contributed by atoms with Gasteiger partial charge in [-0.1, -0.05) is 11.8 Å².